The number of hydrogen-bond acceptors (Lipinski definition) is 3. The Hall–Kier alpha value is -0.900. The number of piperazine rings is 1. The minimum Gasteiger partial charge on any atom is -0.396 e. The fourth-order valence-electron chi connectivity index (χ4n) is 4.23. The van der Waals surface area contributed by atoms with Crippen molar-refractivity contribution in [3.63, 3.8) is 0 Å². The van der Waals surface area contributed by atoms with Crippen molar-refractivity contribution >= 4 is 0 Å². The smallest absolute Gasteiger partial charge is 0.0446 e. The zero-order chi connectivity index (χ0) is 15.4. The minimum absolute atomic E-state index is 0.312. The van der Waals surface area contributed by atoms with Crippen LogP contribution in [0.4, 0.5) is 0 Å². The molecule has 3 rings (SSSR count). The Kier molecular flexibility index (Phi) is 5.51. The zero-order valence-corrected chi connectivity index (χ0v) is 13.9. The summed E-state index contributed by atoms with van der Waals surface area (Å²) in [6.45, 7) is 6.99. The van der Waals surface area contributed by atoms with Crippen LogP contribution in [0.1, 0.15) is 43.2 Å². The van der Waals surface area contributed by atoms with Gasteiger partial charge in [-0.05, 0) is 37.3 Å². The lowest BCUT2D eigenvalue weighted by molar-refractivity contribution is 0.0266. The number of aliphatic hydroxyl groups excluding tert-OH is 1. The summed E-state index contributed by atoms with van der Waals surface area (Å²) in [6, 6.07) is 10.0. The SMILES string of the molecule is Cc1ccccc1CN1CCN(C2CCCC2)[C@@H](CCO)C1. The first-order valence-electron chi connectivity index (χ1n) is 8.91. The molecule has 0 unspecified atom stereocenters. The first kappa shape index (κ1) is 16.0. The average molecular weight is 302 g/mol. The lowest BCUT2D eigenvalue weighted by Gasteiger charge is -2.44. The van der Waals surface area contributed by atoms with E-state index in [0.29, 0.717) is 12.6 Å². The molecule has 0 spiro atoms. The van der Waals surface area contributed by atoms with Crippen molar-refractivity contribution in [2.24, 2.45) is 0 Å². The lowest BCUT2D eigenvalue weighted by atomic mass is 10.0. The summed E-state index contributed by atoms with van der Waals surface area (Å²) >= 11 is 0. The van der Waals surface area contributed by atoms with E-state index in [1.807, 2.05) is 0 Å². The summed E-state index contributed by atoms with van der Waals surface area (Å²) in [4.78, 5) is 5.28. The van der Waals surface area contributed by atoms with Crippen LogP contribution in [0.2, 0.25) is 0 Å². The molecule has 122 valence electrons. The number of rotatable bonds is 5. The topological polar surface area (TPSA) is 26.7 Å². The molecule has 22 heavy (non-hydrogen) atoms. The highest BCUT2D eigenvalue weighted by Gasteiger charge is 2.32. The minimum atomic E-state index is 0.312. The molecule has 0 amide bonds. The third-order valence-corrected chi connectivity index (χ3v) is 5.52. The third-order valence-electron chi connectivity index (χ3n) is 5.52. The Morgan fingerprint density at radius 1 is 1.14 bits per heavy atom. The van der Waals surface area contributed by atoms with Crippen LogP contribution < -0.4 is 0 Å². The Morgan fingerprint density at radius 2 is 1.91 bits per heavy atom. The van der Waals surface area contributed by atoms with Gasteiger partial charge in [0.1, 0.15) is 0 Å². The van der Waals surface area contributed by atoms with E-state index in [1.165, 1.54) is 43.4 Å². The van der Waals surface area contributed by atoms with E-state index in [1.54, 1.807) is 0 Å². The maximum atomic E-state index is 9.45. The number of hydrogen-bond donors (Lipinski definition) is 1. The van der Waals surface area contributed by atoms with Gasteiger partial charge in [0.15, 0.2) is 0 Å². The van der Waals surface area contributed by atoms with E-state index in [4.69, 9.17) is 0 Å². The van der Waals surface area contributed by atoms with Crippen LogP contribution in [0.25, 0.3) is 0 Å². The highest BCUT2D eigenvalue weighted by molar-refractivity contribution is 5.25. The monoisotopic (exact) mass is 302 g/mol. The largest absolute Gasteiger partial charge is 0.396 e. The fraction of sp³-hybridized carbons (Fsp3) is 0.684. The number of aryl methyl sites for hydroxylation is 1. The van der Waals surface area contributed by atoms with Gasteiger partial charge in [-0.1, -0.05) is 37.1 Å². The molecule has 1 saturated carbocycles. The predicted molar refractivity (Wildman–Crippen MR) is 90.9 cm³/mol. The molecule has 2 fully saturated rings. The standard InChI is InChI=1S/C19H30N2O/c1-16-6-2-3-7-17(16)14-20-11-12-21(18-8-4-5-9-18)19(15-20)10-13-22/h2-3,6-7,18-19,22H,4-5,8-15H2,1H3/t19-/m0/s1. The van der Waals surface area contributed by atoms with Crippen LogP contribution in [-0.2, 0) is 6.54 Å². The third kappa shape index (κ3) is 3.70. The van der Waals surface area contributed by atoms with Crippen LogP contribution >= 0.6 is 0 Å². The summed E-state index contributed by atoms with van der Waals surface area (Å²) in [5.41, 5.74) is 2.83. The molecule has 0 radical (unpaired) electrons. The molecule has 1 aliphatic carbocycles. The van der Waals surface area contributed by atoms with Gasteiger partial charge in [-0.3, -0.25) is 9.80 Å². The Labute approximate surface area is 134 Å². The molecule has 1 saturated heterocycles. The maximum absolute atomic E-state index is 9.45. The van der Waals surface area contributed by atoms with Crippen molar-refractivity contribution in [3.8, 4) is 0 Å². The van der Waals surface area contributed by atoms with E-state index < -0.39 is 0 Å². The first-order chi connectivity index (χ1) is 10.8. The van der Waals surface area contributed by atoms with Crippen molar-refractivity contribution in [2.75, 3.05) is 26.2 Å². The van der Waals surface area contributed by atoms with Gasteiger partial charge in [0.05, 0.1) is 0 Å². The molecule has 1 N–H and O–H groups in total. The maximum Gasteiger partial charge on any atom is 0.0446 e. The Morgan fingerprint density at radius 3 is 2.64 bits per heavy atom. The van der Waals surface area contributed by atoms with E-state index in [2.05, 4.69) is 41.0 Å². The molecular formula is C19H30N2O. The van der Waals surface area contributed by atoms with Gasteiger partial charge in [-0.25, -0.2) is 0 Å². The number of nitrogens with zero attached hydrogens (tertiary/aromatic N) is 2. The summed E-state index contributed by atoms with van der Waals surface area (Å²) in [7, 11) is 0. The summed E-state index contributed by atoms with van der Waals surface area (Å²) in [5.74, 6) is 0. The zero-order valence-electron chi connectivity index (χ0n) is 13.9. The second-order valence-corrected chi connectivity index (χ2v) is 7.00. The van der Waals surface area contributed by atoms with Crippen molar-refractivity contribution in [2.45, 2.75) is 57.7 Å². The van der Waals surface area contributed by atoms with E-state index in [0.717, 1.165) is 32.1 Å². The normalized spacial score (nSPS) is 24.9. The van der Waals surface area contributed by atoms with Crippen molar-refractivity contribution in [1.29, 1.82) is 0 Å². The molecule has 0 bridgehead atoms. The fourth-order valence-corrected chi connectivity index (χ4v) is 4.23. The van der Waals surface area contributed by atoms with E-state index in [-0.39, 0.29) is 0 Å². The van der Waals surface area contributed by atoms with Crippen molar-refractivity contribution < 1.29 is 5.11 Å². The first-order valence-corrected chi connectivity index (χ1v) is 8.91. The second-order valence-electron chi connectivity index (χ2n) is 7.00. The van der Waals surface area contributed by atoms with Gasteiger partial charge >= 0.3 is 0 Å². The molecule has 2 aliphatic rings. The molecule has 1 heterocycles. The highest BCUT2D eigenvalue weighted by Crippen LogP contribution is 2.28. The molecule has 1 aliphatic heterocycles. The number of aliphatic hydroxyl groups is 1. The van der Waals surface area contributed by atoms with Gasteiger partial charge in [0.25, 0.3) is 0 Å². The van der Waals surface area contributed by atoms with Gasteiger partial charge in [-0.2, -0.15) is 0 Å². The van der Waals surface area contributed by atoms with E-state index >= 15 is 0 Å². The van der Waals surface area contributed by atoms with Crippen LogP contribution in [0.3, 0.4) is 0 Å². The second kappa shape index (κ2) is 7.58. The van der Waals surface area contributed by atoms with Crippen LogP contribution in [0.15, 0.2) is 24.3 Å². The van der Waals surface area contributed by atoms with Gasteiger partial charge in [0, 0.05) is 44.9 Å². The quantitative estimate of drug-likeness (QED) is 0.906. The summed E-state index contributed by atoms with van der Waals surface area (Å²) in [5, 5.41) is 9.45. The molecule has 1 aromatic rings. The molecule has 1 aromatic carbocycles. The lowest BCUT2D eigenvalue weighted by Crippen LogP contribution is -2.56. The van der Waals surface area contributed by atoms with Gasteiger partial charge in [0.2, 0.25) is 0 Å². The predicted octanol–water partition coefficient (Wildman–Crippen LogP) is 2.81. The van der Waals surface area contributed by atoms with Crippen LogP contribution in [0, 0.1) is 6.92 Å². The van der Waals surface area contributed by atoms with Crippen molar-refractivity contribution in [3.05, 3.63) is 35.4 Å². The van der Waals surface area contributed by atoms with Crippen LogP contribution in [0.5, 0.6) is 0 Å². The average Bonchev–Trinajstić information content (AvgIpc) is 3.04. The Bertz CT molecular complexity index is 470. The van der Waals surface area contributed by atoms with E-state index in [9.17, 15) is 5.11 Å². The van der Waals surface area contributed by atoms with Crippen LogP contribution in [-0.4, -0.2) is 53.2 Å². The summed E-state index contributed by atoms with van der Waals surface area (Å²) in [6.07, 6.45) is 6.42. The highest BCUT2D eigenvalue weighted by atomic mass is 16.3. The van der Waals surface area contributed by atoms with Crippen molar-refractivity contribution in [1.82, 2.24) is 9.80 Å². The molecule has 1 atom stereocenters. The Balaban J connectivity index is 1.63. The number of benzene rings is 1. The molecule has 3 nitrogen and oxygen atoms in total. The van der Waals surface area contributed by atoms with Gasteiger partial charge < -0.3 is 5.11 Å². The van der Waals surface area contributed by atoms with Gasteiger partial charge in [-0.15, -0.1) is 0 Å². The molecular weight excluding hydrogens is 272 g/mol. The summed E-state index contributed by atoms with van der Waals surface area (Å²) < 4.78 is 0. The molecule has 3 heteroatoms. The molecule has 0 aromatic heterocycles.